The summed E-state index contributed by atoms with van der Waals surface area (Å²) in [6, 6.07) is 5.37. The summed E-state index contributed by atoms with van der Waals surface area (Å²) in [5, 5.41) is 0. The maximum atomic E-state index is 12.7. The minimum absolute atomic E-state index is 0.0867. The van der Waals surface area contributed by atoms with Gasteiger partial charge in [0.2, 0.25) is 0 Å². The Morgan fingerprint density at radius 2 is 2.00 bits per heavy atom. The molecule has 0 spiro atoms. The lowest BCUT2D eigenvalue weighted by Crippen LogP contribution is -2.49. The molecule has 0 saturated carbocycles. The number of hydrogen-bond donors (Lipinski definition) is 1. The van der Waals surface area contributed by atoms with Crippen molar-refractivity contribution < 1.29 is 9.59 Å². The Balaban J connectivity index is 1.69. The van der Waals surface area contributed by atoms with Gasteiger partial charge in [-0.05, 0) is 37.1 Å². The Hall–Kier alpha value is -2.41. The maximum absolute atomic E-state index is 12.7. The van der Waals surface area contributed by atoms with Crippen LogP contribution < -0.4 is 10.6 Å². The topological polar surface area (TPSA) is 79.5 Å². The molecule has 0 aliphatic carbocycles. The summed E-state index contributed by atoms with van der Waals surface area (Å²) >= 11 is 1.59. The van der Waals surface area contributed by atoms with Gasteiger partial charge >= 0.3 is 0 Å². The molecule has 2 N–H and O–H groups in total. The van der Waals surface area contributed by atoms with Gasteiger partial charge in [-0.2, -0.15) is 0 Å². The molecule has 2 aromatic rings. The number of aromatic nitrogens is 1. The Morgan fingerprint density at radius 3 is 2.60 bits per heavy atom. The van der Waals surface area contributed by atoms with Crippen LogP contribution in [0.1, 0.15) is 37.4 Å². The van der Waals surface area contributed by atoms with Crippen molar-refractivity contribution in [3.63, 3.8) is 0 Å². The number of hydrogen-bond acceptors (Lipinski definition) is 5. The first kappa shape index (κ1) is 17.4. The van der Waals surface area contributed by atoms with Crippen molar-refractivity contribution in [3.8, 4) is 0 Å². The number of piperazine rings is 1. The van der Waals surface area contributed by atoms with E-state index >= 15 is 0 Å². The molecule has 0 unspecified atom stereocenters. The number of aryl methyl sites for hydroxylation is 2. The van der Waals surface area contributed by atoms with E-state index in [2.05, 4.69) is 18.8 Å². The van der Waals surface area contributed by atoms with Gasteiger partial charge in [0.1, 0.15) is 5.82 Å². The highest BCUT2D eigenvalue weighted by Gasteiger charge is 2.26. The number of pyridine rings is 1. The monoisotopic (exact) mass is 358 g/mol. The van der Waals surface area contributed by atoms with E-state index in [-0.39, 0.29) is 5.91 Å². The molecule has 3 rings (SSSR count). The molecule has 2 aromatic heterocycles. The van der Waals surface area contributed by atoms with E-state index in [4.69, 9.17) is 5.73 Å². The van der Waals surface area contributed by atoms with Crippen LogP contribution in [0.4, 0.5) is 5.82 Å². The summed E-state index contributed by atoms with van der Waals surface area (Å²) < 4.78 is 0. The number of amides is 2. The third-order valence-corrected chi connectivity index (χ3v) is 5.84. The van der Waals surface area contributed by atoms with E-state index in [1.165, 1.54) is 10.4 Å². The van der Waals surface area contributed by atoms with Gasteiger partial charge in [-0.1, -0.05) is 6.92 Å². The van der Waals surface area contributed by atoms with E-state index < -0.39 is 5.91 Å². The van der Waals surface area contributed by atoms with E-state index in [1.54, 1.807) is 29.7 Å². The van der Waals surface area contributed by atoms with Crippen molar-refractivity contribution in [2.24, 2.45) is 5.73 Å². The molecule has 6 nitrogen and oxygen atoms in total. The first-order valence-corrected chi connectivity index (χ1v) is 9.21. The number of carbonyl (C=O) groups excluding carboxylic acids is 2. The van der Waals surface area contributed by atoms with Crippen LogP contribution in [0, 0.1) is 6.92 Å². The molecule has 1 saturated heterocycles. The lowest BCUT2D eigenvalue weighted by Gasteiger charge is -2.35. The van der Waals surface area contributed by atoms with Gasteiger partial charge in [0.15, 0.2) is 0 Å². The molecule has 1 fully saturated rings. The molecule has 3 heterocycles. The summed E-state index contributed by atoms with van der Waals surface area (Å²) in [5.41, 5.74) is 7.04. The zero-order valence-corrected chi connectivity index (χ0v) is 15.3. The highest BCUT2D eigenvalue weighted by molar-refractivity contribution is 7.14. The van der Waals surface area contributed by atoms with Crippen LogP contribution in [-0.2, 0) is 6.42 Å². The molecule has 2 amide bonds. The standard InChI is InChI=1S/C18H22N4O2S/c1-3-14-12(2)11-15(25-14)18(24)22-9-7-21(8-10-22)17-13(16(19)23)5-4-6-20-17/h4-6,11H,3,7-10H2,1-2H3,(H2,19,23). The highest BCUT2D eigenvalue weighted by Crippen LogP contribution is 2.25. The van der Waals surface area contributed by atoms with Gasteiger partial charge in [-0.3, -0.25) is 9.59 Å². The Morgan fingerprint density at radius 1 is 1.28 bits per heavy atom. The normalized spacial score (nSPS) is 14.6. The SMILES string of the molecule is CCc1sc(C(=O)N2CCN(c3ncccc3C(N)=O)CC2)cc1C. The smallest absolute Gasteiger partial charge is 0.264 e. The number of thiophene rings is 1. The van der Waals surface area contributed by atoms with Crippen LogP contribution >= 0.6 is 11.3 Å². The lowest BCUT2D eigenvalue weighted by molar-refractivity contribution is 0.0750. The van der Waals surface area contributed by atoms with Gasteiger partial charge in [0, 0.05) is 37.3 Å². The fourth-order valence-corrected chi connectivity index (χ4v) is 4.18. The fraction of sp³-hybridized carbons (Fsp3) is 0.389. The molecule has 1 aliphatic heterocycles. The number of nitrogens with zero attached hydrogens (tertiary/aromatic N) is 3. The fourth-order valence-electron chi connectivity index (χ4n) is 3.09. The van der Waals surface area contributed by atoms with Gasteiger partial charge in [0.05, 0.1) is 10.4 Å². The molecule has 7 heteroatoms. The van der Waals surface area contributed by atoms with E-state index in [0.29, 0.717) is 37.6 Å². The first-order chi connectivity index (χ1) is 12.0. The predicted octanol–water partition coefficient (Wildman–Crippen LogP) is 2.08. The number of primary amides is 1. The van der Waals surface area contributed by atoms with E-state index in [9.17, 15) is 9.59 Å². The molecule has 0 atom stereocenters. The highest BCUT2D eigenvalue weighted by atomic mass is 32.1. The zero-order valence-electron chi connectivity index (χ0n) is 14.5. The first-order valence-electron chi connectivity index (χ1n) is 8.39. The second-order valence-electron chi connectivity index (χ2n) is 6.09. The quantitative estimate of drug-likeness (QED) is 0.907. The number of rotatable bonds is 4. The summed E-state index contributed by atoms with van der Waals surface area (Å²) in [4.78, 5) is 34.6. The van der Waals surface area contributed by atoms with Crippen molar-refractivity contribution in [2.45, 2.75) is 20.3 Å². The minimum atomic E-state index is -0.484. The Kier molecular flexibility index (Phi) is 5.03. The molecule has 0 bridgehead atoms. The van der Waals surface area contributed by atoms with Gasteiger partial charge in [-0.15, -0.1) is 11.3 Å². The maximum Gasteiger partial charge on any atom is 0.264 e. The molecular weight excluding hydrogens is 336 g/mol. The average molecular weight is 358 g/mol. The molecule has 1 aliphatic rings. The van der Waals surface area contributed by atoms with Crippen molar-refractivity contribution in [3.05, 3.63) is 45.3 Å². The second-order valence-corrected chi connectivity index (χ2v) is 7.23. The zero-order chi connectivity index (χ0) is 18.0. The van der Waals surface area contributed by atoms with Crippen LogP contribution in [0.2, 0.25) is 0 Å². The lowest BCUT2D eigenvalue weighted by atomic mass is 10.2. The second kappa shape index (κ2) is 7.23. The van der Waals surface area contributed by atoms with Crippen molar-refractivity contribution >= 4 is 29.0 Å². The summed E-state index contributed by atoms with van der Waals surface area (Å²) in [6.45, 7) is 6.63. The van der Waals surface area contributed by atoms with E-state index in [1.807, 2.05) is 15.9 Å². The molecular formula is C18H22N4O2S. The Bertz CT molecular complexity index is 794. The van der Waals surface area contributed by atoms with Crippen molar-refractivity contribution in [1.82, 2.24) is 9.88 Å². The van der Waals surface area contributed by atoms with Crippen LogP contribution in [0.5, 0.6) is 0 Å². The summed E-state index contributed by atoms with van der Waals surface area (Å²) in [7, 11) is 0. The van der Waals surface area contributed by atoms with Crippen LogP contribution in [0.3, 0.4) is 0 Å². The molecule has 0 radical (unpaired) electrons. The van der Waals surface area contributed by atoms with Gasteiger partial charge in [0.25, 0.3) is 11.8 Å². The third-order valence-electron chi connectivity index (χ3n) is 4.47. The Labute approximate surface area is 151 Å². The average Bonchev–Trinajstić information content (AvgIpc) is 3.02. The van der Waals surface area contributed by atoms with Crippen molar-refractivity contribution in [2.75, 3.05) is 31.1 Å². The van der Waals surface area contributed by atoms with Crippen LogP contribution in [0.25, 0.3) is 0 Å². The minimum Gasteiger partial charge on any atom is -0.365 e. The third kappa shape index (κ3) is 3.51. The number of nitrogens with two attached hydrogens (primary N) is 1. The van der Waals surface area contributed by atoms with Gasteiger partial charge < -0.3 is 15.5 Å². The van der Waals surface area contributed by atoms with E-state index in [0.717, 1.165) is 11.3 Å². The number of anilines is 1. The molecule has 25 heavy (non-hydrogen) atoms. The summed E-state index contributed by atoms with van der Waals surface area (Å²) in [5.74, 6) is 0.202. The largest absolute Gasteiger partial charge is 0.365 e. The van der Waals surface area contributed by atoms with Crippen molar-refractivity contribution in [1.29, 1.82) is 0 Å². The summed E-state index contributed by atoms with van der Waals surface area (Å²) in [6.07, 6.45) is 2.60. The molecule has 0 aromatic carbocycles. The number of carbonyl (C=O) groups is 2. The van der Waals surface area contributed by atoms with Gasteiger partial charge in [-0.25, -0.2) is 4.98 Å². The van der Waals surface area contributed by atoms with Crippen LogP contribution in [0.15, 0.2) is 24.4 Å². The molecule has 132 valence electrons. The predicted molar refractivity (Wildman–Crippen MR) is 99.3 cm³/mol. The van der Waals surface area contributed by atoms with Crippen LogP contribution in [-0.4, -0.2) is 47.9 Å².